The highest BCUT2D eigenvalue weighted by Gasteiger charge is 2.16. The van der Waals surface area contributed by atoms with Gasteiger partial charge in [0.25, 0.3) is 0 Å². The number of fused-ring (bicyclic) bond motifs is 1. The maximum atomic E-state index is 12.8. The smallest absolute Gasteiger partial charge is 0.387 e. The van der Waals surface area contributed by atoms with Crippen molar-refractivity contribution in [2.75, 3.05) is 7.11 Å². The summed E-state index contributed by atoms with van der Waals surface area (Å²) >= 11 is 0. The van der Waals surface area contributed by atoms with E-state index in [0.717, 1.165) is 16.6 Å². The molecular formula is C23H19F2N3O4. The van der Waals surface area contributed by atoms with Crippen LogP contribution in [0.3, 0.4) is 0 Å². The van der Waals surface area contributed by atoms with Crippen LogP contribution in [-0.4, -0.2) is 39.3 Å². The Kier molecular flexibility index (Phi) is 6.09. The second-order valence-corrected chi connectivity index (χ2v) is 6.97. The summed E-state index contributed by atoms with van der Waals surface area (Å²) in [6.07, 6.45) is 1.49. The summed E-state index contributed by atoms with van der Waals surface area (Å²) in [7, 11) is 1.55. The van der Waals surface area contributed by atoms with E-state index in [2.05, 4.69) is 14.7 Å². The van der Waals surface area contributed by atoms with Crippen molar-refractivity contribution in [1.29, 1.82) is 0 Å². The first-order valence-electron chi connectivity index (χ1n) is 9.67. The van der Waals surface area contributed by atoms with E-state index >= 15 is 0 Å². The lowest BCUT2D eigenvalue weighted by Crippen LogP contribution is -2.09. The Morgan fingerprint density at radius 3 is 2.59 bits per heavy atom. The van der Waals surface area contributed by atoms with Crippen molar-refractivity contribution >= 4 is 17.0 Å². The zero-order chi connectivity index (χ0) is 22.7. The number of methoxy groups -OCH3 is 1. The molecule has 0 saturated carbocycles. The number of nitrogens with zero attached hydrogens (tertiary/aromatic N) is 3. The third-order valence-corrected chi connectivity index (χ3v) is 4.93. The van der Waals surface area contributed by atoms with Crippen molar-refractivity contribution in [3.05, 3.63) is 77.9 Å². The second kappa shape index (κ2) is 9.11. The molecule has 2 heterocycles. The number of aromatic nitrogens is 3. The maximum Gasteiger partial charge on any atom is 0.387 e. The fourth-order valence-electron chi connectivity index (χ4n) is 3.47. The average Bonchev–Trinajstić information content (AvgIpc) is 3.11. The van der Waals surface area contributed by atoms with Gasteiger partial charge in [-0.15, -0.1) is 0 Å². The number of halogens is 2. The van der Waals surface area contributed by atoms with E-state index < -0.39 is 12.6 Å². The number of carboxylic acid groups (broad SMARTS) is 1. The van der Waals surface area contributed by atoms with Crippen LogP contribution in [0.5, 0.6) is 5.75 Å². The Labute approximate surface area is 181 Å². The first-order chi connectivity index (χ1) is 15.5. The van der Waals surface area contributed by atoms with Crippen molar-refractivity contribution in [1.82, 2.24) is 14.5 Å². The Morgan fingerprint density at radius 1 is 1.12 bits per heavy atom. The average molecular weight is 439 g/mol. The van der Waals surface area contributed by atoms with Crippen molar-refractivity contribution in [2.24, 2.45) is 0 Å². The van der Waals surface area contributed by atoms with Gasteiger partial charge in [-0.05, 0) is 29.8 Å². The fraction of sp³-hybridized carbons (Fsp3) is 0.174. The van der Waals surface area contributed by atoms with E-state index in [1.165, 1.54) is 18.3 Å². The van der Waals surface area contributed by atoms with Crippen LogP contribution in [0.1, 0.15) is 21.9 Å². The van der Waals surface area contributed by atoms with Crippen LogP contribution in [0.4, 0.5) is 8.78 Å². The van der Waals surface area contributed by atoms with E-state index in [1.807, 2.05) is 22.8 Å². The number of carboxylic acids is 1. The van der Waals surface area contributed by atoms with E-state index in [1.54, 1.807) is 31.4 Å². The summed E-state index contributed by atoms with van der Waals surface area (Å²) in [4.78, 5) is 19.6. The molecule has 0 aliphatic rings. The van der Waals surface area contributed by atoms with E-state index in [9.17, 15) is 13.6 Å². The highest BCUT2D eigenvalue weighted by atomic mass is 19.3. The molecule has 0 aliphatic heterocycles. The molecule has 0 aliphatic carbocycles. The number of carbonyl (C=O) groups is 1. The number of rotatable bonds is 8. The molecule has 0 bridgehead atoms. The minimum atomic E-state index is -2.93. The highest BCUT2D eigenvalue weighted by Crippen LogP contribution is 2.28. The monoisotopic (exact) mass is 439 g/mol. The lowest BCUT2D eigenvalue weighted by molar-refractivity contribution is -0.0504. The Balaban J connectivity index is 1.78. The minimum Gasteiger partial charge on any atom is -0.477 e. The summed E-state index contributed by atoms with van der Waals surface area (Å²) in [5, 5.41) is 9.05. The standard InChI is InChI=1S/C23H19F2N3O4/c1-31-13-21-27-17-8-6-14(15-7-9-18(22(29)30)26-11-15)10-19(17)28(21)12-16-4-2-3-5-20(16)32-23(24)25/h2-11,23H,12-13H2,1H3,(H,29,30). The zero-order valence-corrected chi connectivity index (χ0v) is 17.0. The lowest BCUT2D eigenvalue weighted by atomic mass is 10.1. The van der Waals surface area contributed by atoms with Gasteiger partial charge in [-0.1, -0.05) is 30.3 Å². The molecule has 0 unspecified atom stereocenters. The number of imidazole rings is 1. The molecule has 0 atom stereocenters. The van der Waals surface area contributed by atoms with Crippen LogP contribution in [0.2, 0.25) is 0 Å². The molecule has 0 radical (unpaired) electrons. The Bertz CT molecular complexity index is 1260. The number of benzene rings is 2. The van der Waals surface area contributed by atoms with Crippen LogP contribution in [0.25, 0.3) is 22.2 Å². The van der Waals surface area contributed by atoms with Crippen molar-refractivity contribution in [3.8, 4) is 16.9 Å². The molecule has 0 saturated heterocycles. The van der Waals surface area contributed by atoms with Gasteiger partial charge in [-0.3, -0.25) is 0 Å². The van der Waals surface area contributed by atoms with Crippen LogP contribution in [-0.2, 0) is 17.9 Å². The van der Waals surface area contributed by atoms with E-state index in [4.69, 9.17) is 9.84 Å². The van der Waals surface area contributed by atoms with Gasteiger partial charge in [0.15, 0.2) is 0 Å². The Morgan fingerprint density at radius 2 is 1.91 bits per heavy atom. The van der Waals surface area contributed by atoms with E-state index in [0.29, 0.717) is 16.9 Å². The molecule has 1 N–H and O–H groups in total. The summed E-state index contributed by atoms with van der Waals surface area (Å²) in [6.45, 7) is -2.45. The van der Waals surface area contributed by atoms with Gasteiger partial charge in [0.05, 0.1) is 17.6 Å². The molecule has 0 fully saturated rings. The van der Waals surface area contributed by atoms with Crippen LogP contribution in [0.15, 0.2) is 60.8 Å². The molecular weight excluding hydrogens is 420 g/mol. The number of hydrogen-bond donors (Lipinski definition) is 1. The molecule has 164 valence electrons. The molecule has 7 nitrogen and oxygen atoms in total. The number of hydrogen-bond acceptors (Lipinski definition) is 5. The van der Waals surface area contributed by atoms with Crippen LogP contribution in [0, 0.1) is 0 Å². The third-order valence-electron chi connectivity index (χ3n) is 4.93. The minimum absolute atomic E-state index is 0.0436. The molecule has 0 spiro atoms. The van der Waals surface area contributed by atoms with Crippen molar-refractivity contribution < 1.29 is 28.2 Å². The SMILES string of the molecule is COCc1nc2ccc(-c3ccc(C(=O)O)nc3)cc2n1Cc1ccccc1OC(F)F. The largest absolute Gasteiger partial charge is 0.477 e. The molecule has 2 aromatic carbocycles. The van der Waals surface area contributed by atoms with Gasteiger partial charge in [0.2, 0.25) is 0 Å². The number of ether oxygens (including phenoxy) is 2. The molecule has 0 amide bonds. The topological polar surface area (TPSA) is 86.5 Å². The van der Waals surface area contributed by atoms with Crippen LogP contribution < -0.4 is 4.74 Å². The first-order valence-corrected chi connectivity index (χ1v) is 9.67. The van der Waals surface area contributed by atoms with Crippen molar-refractivity contribution in [2.45, 2.75) is 19.8 Å². The number of aromatic carboxylic acids is 1. The van der Waals surface area contributed by atoms with Gasteiger partial charge in [0, 0.05) is 24.4 Å². The number of para-hydroxylation sites is 1. The summed E-state index contributed by atoms with van der Waals surface area (Å²) in [6, 6.07) is 15.3. The first kappa shape index (κ1) is 21.4. The predicted octanol–water partition coefficient (Wildman–Crippen LogP) is 4.59. The molecule has 32 heavy (non-hydrogen) atoms. The summed E-state index contributed by atoms with van der Waals surface area (Å²) < 4.78 is 37.5. The second-order valence-electron chi connectivity index (χ2n) is 6.97. The number of pyridine rings is 1. The van der Waals surface area contributed by atoms with E-state index in [-0.39, 0.29) is 24.6 Å². The molecule has 9 heteroatoms. The lowest BCUT2D eigenvalue weighted by Gasteiger charge is -2.14. The molecule has 2 aromatic heterocycles. The van der Waals surface area contributed by atoms with Crippen molar-refractivity contribution in [3.63, 3.8) is 0 Å². The third kappa shape index (κ3) is 4.42. The van der Waals surface area contributed by atoms with Gasteiger partial charge < -0.3 is 19.1 Å². The highest BCUT2D eigenvalue weighted by molar-refractivity contribution is 5.86. The predicted molar refractivity (Wildman–Crippen MR) is 113 cm³/mol. The van der Waals surface area contributed by atoms with Gasteiger partial charge >= 0.3 is 12.6 Å². The summed E-state index contributed by atoms with van der Waals surface area (Å²) in [5.41, 5.74) is 3.55. The zero-order valence-electron chi connectivity index (χ0n) is 17.0. The molecule has 4 aromatic rings. The van der Waals surface area contributed by atoms with Gasteiger partial charge in [0.1, 0.15) is 23.9 Å². The summed E-state index contributed by atoms with van der Waals surface area (Å²) in [5.74, 6) is -0.373. The van der Waals surface area contributed by atoms with Gasteiger partial charge in [-0.25, -0.2) is 14.8 Å². The Hall–Kier alpha value is -3.85. The quantitative estimate of drug-likeness (QED) is 0.432. The normalized spacial score (nSPS) is 11.2. The van der Waals surface area contributed by atoms with Crippen LogP contribution >= 0.6 is 0 Å². The maximum absolute atomic E-state index is 12.8. The fourth-order valence-corrected chi connectivity index (χ4v) is 3.47. The number of alkyl halides is 2. The van der Waals surface area contributed by atoms with Gasteiger partial charge in [-0.2, -0.15) is 8.78 Å². The molecule has 4 rings (SSSR count).